The zero-order valence-electron chi connectivity index (χ0n) is 14.2. The number of amides is 2. The molecule has 24 heavy (non-hydrogen) atoms. The maximum absolute atomic E-state index is 12.6. The molecule has 1 aromatic carbocycles. The lowest BCUT2D eigenvalue weighted by Gasteiger charge is -2.34. The van der Waals surface area contributed by atoms with Crippen molar-refractivity contribution < 1.29 is 14.7 Å². The van der Waals surface area contributed by atoms with Crippen LogP contribution in [0.3, 0.4) is 0 Å². The van der Waals surface area contributed by atoms with Crippen molar-refractivity contribution in [3.05, 3.63) is 41.6 Å². The normalized spacial score (nSPS) is 21.8. The van der Waals surface area contributed by atoms with Gasteiger partial charge in [-0.25, -0.2) is 0 Å². The first kappa shape index (κ1) is 16.7. The van der Waals surface area contributed by atoms with Gasteiger partial charge in [0.25, 0.3) is 0 Å². The Labute approximate surface area is 142 Å². The van der Waals surface area contributed by atoms with Crippen LogP contribution >= 0.6 is 0 Å². The summed E-state index contributed by atoms with van der Waals surface area (Å²) < 4.78 is 0. The maximum Gasteiger partial charge on any atom is 0.223 e. The highest BCUT2D eigenvalue weighted by molar-refractivity contribution is 5.82. The molecule has 1 fully saturated rings. The minimum atomic E-state index is -0.567. The number of nitrogens with one attached hydrogen (secondary N) is 1. The van der Waals surface area contributed by atoms with E-state index in [0.717, 1.165) is 24.0 Å². The van der Waals surface area contributed by atoms with E-state index in [2.05, 4.69) is 5.32 Å². The second-order valence-electron chi connectivity index (χ2n) is 6.99. The van der Waals surface area contributed by atoms with Crippen molar-refractivity contribution in [1.82, 2.24) is 10.2 Å². The highest BCUT2D eigenvalue weighted by Gasteiger charge is 2.42. The third-order valence-electron chi connectivity index (χ3n) is 5.08. The van der Waals surface area contributed by atoms with Gasteiger partial charge in [-0.2, -0.15) is 0 Å². The number of hydrogen-bond acceptors (Lipinski definition) is 3. The average molecular weight is 328 g/mol. The number of carbonyl (C=O) groups is 2. The number of benzene rings is 1. The molecule has 2 N–H and O–H groups in total. The Morgan fingerprint density at radius 1 is 1.33 bits per heavy atom. The molecule has 128 valence electrons. The van der Waals surface area contributed by atoms with Crippen molar-refractivity contribution in [1.29, 1.82) is 0 Å². The molecule has 1 aromatic rings. The van der Waals surface area contributed by atoms with Crippen LogP contribution in [0.5, 0.6) is 0 Å². The van der Waals surface area contributed by atoms with E-state index in [0.29, 0.717) is 5.92 Å². The Kier molecular flexibility index (Phi) is 4.45. The third kappa shape index (κ3) is 3.22. The van der Waals surface area contributed by atoms with Crippen molar-refractivity contribution in [3.8, 4) is 0 Å². The number of rotatable bonds is 5. The summed E-state index contributed by atoms with van der Waals surface area (Å²) in [5, 5.41) is 12.6. The number of fused-ring (bicyclic) bond motifs is 1. The zero-order chi connectivity index (χ0) is 17.3. The van der Waals surface area contributed by atoms with Gasteiger partial charge in [0, 0.05) is 13.1 Å². The van der Waals surface area contributed by atoms with E-state index in [-0.39, 0.29) is 30.9 Å². The summed E-state index contributed by atoms with van der Waals surface area (Å²) >= 11 is 0. The van der Waals surface area contributed by atoms with Gasteiger partial charge in [-0.05, 0) is 42.9 Å². The highest BCUT2D eigenvalue weighted by atomic mass is 16.3. The predicted octanol–water partition coefficient (Wildman–Crippen LogP) is 2.23. The first-order chi connectivity index (χ1) is 11.4. The van der Waals surface area contributed by atoms with E-state index in [9.17, 15) is 14.7 Å². The molecular weight excluding hydrogens is 304 g/mol. The van der Waals surface area contributed by atoms with Crippen molar-refractivity contribution in [2.75, 3.05) is 6.61 Å². The number of aliphatic hydroxyl groups is 1. The Balaban J connectivity index is 1.79. The van der Waals surface area contributed by atoms with Crippen LogP contribution < -0.4 is 5.32 Å². The van der Waals surface area contributed by atoms with Crippen LogP contribution in [0.1, 0.15) is 50.3 Å². The van der Waals surface area contributed by atoms with Gasteiger partial charge in [0.2, 0.25) is 11.8 Å². The van der Waals surface area contributed by atoms with Gasteiger partial charge in [-0.15, -0.1) is 0 Å². The van der Waals surface area contributed by atoms with Crippen molar-refractivity contribution in [2.24, 2.45) is 5.92 Å². The molecular formula is C19H24N2O3. The highest BCUT2D eigenvalue weighted by Crippen LogP contribution is 2.40. The van der Waals surface area contributed by atoms with Crippen LogP contribution in [0.25, 0.3) is 6.08 Å². The Bertz CT molecular complexity index is 681. The first-order valence-electron chi connectivity index (χ1n) is 8.42. The molecule has 1 saturated carbocycles. The molecule has 5 nitrogen and oxygen atoms in total. The minimum Gasteiger partial charge on any atom is -0.394 e. The molecule has 0 aromatic heterocycles. The Hall–Kier alpha value is -2.14. The summed E-state index contributed by atoms with van der Waals surface area (Å²) in [6.07, 6.45) is 5.89. The molecule has 3 rings (SSSR count). The van der Waals surface area contributed by atoms with Crippen molar-refractivity contribution >= 4 is 17.9 Å². The topological polar surface area (TPSA) is 69.6 Å². The Morgan fingerprint density at radius 2 is 2.04 bits per heavy atom. The predicted molar refractivity (Wildman–Crippen MR) is 91.7 cm³/mol. The Morgan fingerprint density at radius 3 is 2.67 bits per heavy atom. The van der Waals surface area contributed by atoms with Crippen LogP contribution in [-0.4, -0.2) is 34.0 Å². The molecule has 2 amide bonds. The van der Waals surface area contributed by atoms with Crippen molar-refractivity contribution in [3.63, 3.8) is 0 Å². The van der Waals surface area contributed by atoms with Crippen LogP contribution in [-0.2, 0) is 9.59 Å². The van der Waals surface area contributed by atoms with E-state index in [4.69, 9.17) is 0 Å². The summed E-state index contributed by atoms with van der Waals surface area (Å²) in [5.41, 5.74) is 1.43. The number of aliphatic hydroxyl groups excluding tert-OH is 1. The van der Waals surface area contributed by atoms with Crippen molar-refractivity contribution in [2.45, 2.75) is 44.7 Å². The fourth-order valence-corrected chi connectivity index (χ4v) is 3.45. The molecule has 0 bridgehead atoms. The van der Waals surface area contributed by atoms with Gasteiger partial charge in [0.1, 0.15) is 0 Å². The smallest absolute Gasteiger partial charge is 0.223 e. The fraction of sp³-hybridized carbons (Fsp3) is 0.474. The van der Waals surface area contributed by atoms with Gasteiger partial charge in [-0.1, -0.05) is 24.3 Å². The molecule has 5 heteroatoms. The van der Waals surface area contributed by atoms with Crippen LogP contribution in [0, 0.1) is 5.92 Å². The van der Waals surface area contributed by atoms with Crippen LogP contribution in [0.2, 0.25) is 0 Å². The number of carbonyl (C=O) groups excluding carboxylic acids is 2. The molecule has 2 unspecified atom stereocenters. The maximum atomic E-state index is 12.6. The van der Waals surface area contributed by atoms with E-state index in [1.54, 1.807) is 11.1 Å². The van der Waals surface area contributed by atoms with Gasteiger partial charge in [-0.3, -0.25) is 9.59 Å². The molecule has 1 aliphatic heterocycles. The molecule has 2 aliphatic rings. The molecule has 0 spiro atoms. The van der Waals surface area contributed by atoms with Gasteiger partial charge in [0.05, 0.1) is 24.6 Å². The summed E-state index contributed by atoms with van der Waals surface area (Å²) in [7, 11) is 0. The monoisotopic (exact) mass is 328 g/mol. The molecule has 2 atom stereocenters. The van der Waals surface area contributed by atoms with Gasteiger partial charge in [0.15, 0.2) is 0 Å². The first-order valence-corrected chi connectivity index (χ1v) is 8.42. The van der Waals surface area contributed by atoms with E-state index < -0.39 is 5.54 Å². The molecule has 1 heterocycles. The lowest BCUT2D eigenvalue weighted by atomic mass is 9.92. The summed E-state index contributed by atoms with van der Waals surface area (Å²) in [4.78, 5) is 26.2. The summed E-state index contributed by atoms with van der Waals surface area (Å²) in [6, 6.07) is 7.49. The minimum absolute atomic E-state index is 0.0685. The molecule has 0 radical (unpaired) electrons. The summed E-state index contributed by atoms with van der Waals surface area (Å²) in [6.45, 7) is 3.33. The fourth-order valence-electron chi connectivity index (χ4n) is 3.45. The van der Waals surface area contributed by atoms with Crippen LogP contribution in [0.4, 0.5) is 0 Å². The second kappa shape index (κ2) is 6.40. The lowest BCUT2D eigenvalue weighted by Crippen LogP contribution is -2.51. The van der Waals surface area contributed by atoms with E-state index in [1.807, 2.05) is 37.3 Å². The number of hydrogen-bond donors (Lipinski definition) is 2. The van der Waals surface area contributed by atoms with E-state index in [1.165, 1.54) is 6.92 Å². The van der Waals surface area contributed by atoms with Crippen LogP contribution in [0.15, 0.2) is 30.5 Å². The van der Waals surface area contributed by atoms with E-state index >= 15 is 0 Å². The standard InChI is InChI=1S/C19H24N2O3/c1-13(23)21-10-9-14-5-3-4-6-16(14)17(21)11-18(24)20-19(2,12-22)15-7-8-15/h3-6,9-10,15,17,22H,7-8,11-12H2,1-2H3,(H,20,24). The number of nitrogens with zero attached hydrogens (tertiary/aromatic N) is 1. The zero-order valence-corrected chi connectivity index (χ0v) is 14.2. The summed E-state index contributed by atoms with van der Waals surface area (Å²) in [5.74, 6) is 0.111. The van der Waals surface area contributed by atoms with Gasteiger partial charge < -0.3 is 15.3 Å². The average Bonchev–Trinajstić information content (AvgIpc) is 3.40. The largest absolute Gasteiger partial charge is 0.394 e. The molecule has 0 saturated heterocycles. The SMILES string of the molecule is CC(=O)N1C=Cc2ccccc2C1CC(=O)NC(C)(CO)C1CC1. The second-order valence-corrected chi connectivity index (χ2v) is 6.99. The third-order valence-corrected chi connectivity index (χ3v) is 5.08. The lowest BCUT2D eigenvalue weighted by molar-refractivity contribution is -0.130. The van der Waals surface area contributed by atoms with Gasteiger partial charge >= 0.3 is 0 Å². The quantitative estimate of drug-likeness (QED) is 0.871. The molecule has 1 aliphatic carbocycles.